The van der Waals surface area contributed by atoms with Crippen LogP contribution in [-0.2, 0) is 16.4 Å². The van der Waals surface area contributed by atoms with Gasteiger partial charge in [-0.25, -0.2) is 8.42 Å². The number of nitrogens with zero attached hydrogens (tertiary/aromatic N) is 2. The van der Waals surface area contributed by atoms with E-state index >= 15 is 0 Å². The molecule has 1 N–H and O–H groups in total. The lowest BCUT2D eigenvalue weighted by molar-refractivity contribution is -0.385. The van der Waals surface area contributed by atoms with Gasteiger partial charge >= 0.3 is 5.51 Å². The van der Waals surface area contributed by atoms with Gasteiger partial charge in [0.05, 0.1) is 15.9 Å². The van der Waals surface area contributed by atoms with Gasteiger partial charge in [-0.3, -0.25) is 14.9 Å². The Balaban J connectivity index is 1.88. The molecule has 2 unspecified atom stereocenters. The van der Waals surface area contributed by atoms with E-state index in [-0.39, 0.29) is 23.4 Å². The molecule has 0 spiro atoms. The van der Waals surface area contributed by atoms with E-state index in [1.54, 1.807) is 0 Å². The topological polar surface area (TPSA) is 127 Å². The number of carbonyl (C=O) groups excluding carboxylic acids is 1. The second kappa shape index (κ2) is 7.15. The maximum absolute atomic E-state index is 13.2. The molecule has 1 amide bonds. The lowest BCUT2D eigenvalue weighted by atomic mass is 9.85. The Morgan fingerprint density at radius 3 is 2.52 bits per heavy atom. The second-order valence-corrected chi connectivity index (χ2v) is 10.2. The Morgan fingerprint density at radius 1 is 1.24 bits per heavy atom. The quantitative estimate of drug-likeness (QED) is 0.522. The first-order valence-corrected chi connectivity index (χ1v) is 11.0. The fourth-order valence-corrected chi connectivity index (χ4v) is 4.92. The highest BCUT2D eigenvalue weighted by Gasteiger charge is 2.51. The Labute approximate surface area is 185 Å². The van der Waals surface area contributed by atoms with Crippen molar-refractivity contribution in [3.8, 4) is 5.75 Å². The predicted molar refractivity (Wildman–Crippen MR) is 106 cm³/mol. The molecule has 2 aromatic carbocycles. The highest BCUT2D eigenvalue weighted by Crippen LogP contribution is 2.47. The van der Waals surface area contributed by atoms with Crippen molar-refractivity contribution in [3.63, 3.8) is 0 Å². The summed E-state index contributed by atoms with van der Waals surface area (Å²) in [6, 6.07) is 5.18. The van der Waals surface area contributed by atoms with Gasteiger partial charge in [0.2, 0.25) is 0 Å². The summed E-state index contributed by atoms with van der Waals surface area (Å²) < 4.78 is 68.9. The summed E-state index contributed by atoms with van der Waals surface area (Å²) >= 11 is 0. The molecule has 2 aliphatic heterocycles. The number of aliphatic hydroxyl groups excluding tert-OH is 1. The Bertz CT molecular complexity index is 1290. The van der Waals surface area contributed by atoms with Crippen molar-refractivity contribution in [2.24, 2.45) is 0 Å². The number of amides is 1. The second-order valence-electron chi connectivity index (χ2n) is 8.25. The van der Waals surface area contributed by atoms with Crippen LogP contribution in [0.15, 0.2) is 41.3 Å². The van der Waals surface area contributed by atoms with Crippen molar-refractivity contribution in [1.29, 1.82) is 0 Å². The largest absolute Gasteiger partial charge is 0.501 e. The number of carbonyl (C=O) groups is 1. The van der Waals surface area contributed by atoms with Gasteiger partial charge in [-0.15, -0.1) is 0 Å². The molecule has 4 rings (SSSR count). The van der Waals surface area contributed by atoms with Crippen LogP contribution in [0, 0.1) is 10.1 Å². The van der Waals surface area contributed by atoms with Crippen LogP contribution in [0.25, 0.3) is 0 Å². The Hall–Kier alpha value is -3.19. The van der Waals surface area contributed by atoms with Crippen LogP contribution >= 0.6 is 0 Å². The fraction of sp³-hybridized carbons (Fsp3) is 0.350. The lowest BCUT2D eigenvalue weighted by Gasteiger charge is -2.45. The van der Waals surface area contributed by atoms with Gasteiger partial charge in [-0.05, 0) is 37.6 Å². The van der Waals surface area contributed by atoms with Crippen molar-refractivity contribution < 1.29 is 41.2 Å². The molecule has 0 fully saturated rings. The monoisotopic (exact) mass is 486 g/mol. The molecular weight excluding hydrogens is 469 g/mol. The molecule has 2 aliphatic rings. The third-order valence-corrected chi connectivity index (χ3v) is 7.26. The fourth-order valence-electron chi connectivity index (χ4n) is 4.12. The summed E-state index contributed by atoms with van der Waals surface area (Å²) in [4.78, 5) is 23.9. The number of nitro benzene ring substituents is 1. The van der Waals surface area contributed by atoms with E-state index in [1.807, 2.05) is 0 Å². The molecular formula is C20H17F3N2O7S. The van der Waals surface area contributed by atoms with E-state index in [9.17, 15) is 41.6 Å². The molecule has 0 aliphatic carbocycles. The number of nitro groups is 1. The van der Waals surface area contributed by atoms with Crippen LogP contribution in [0.1, 0.15) is 41.4 Å². The minimum atomic E-state index is -5.72. The zero-order valence-corrected chi connectivity index (χ0v) is 18.0. The Morgan fingerprint density at radius 2 is 1.91 bits per heavy atom. The molecule has 2 atom stereocenters. The molecule has 0 radical (unpaired) electrons. The SMILES string of the molecule is CC1(C)Oc2ccc(S(=O)(=O)C(F)(F)F)cc2C(N2Cc3cccc([N+](=O)[O-])c3C2=O)C1O. The molecule has 2 heterocycles. The molecule has 0 saturated carbocycles. The van der Waals surface area contributed by atoms with E-state index in [1.165, 1.54) is 26.0 Å². The standard InChI is InChI=1S/C20H17F3N2O7S/c1-19(2)17(26)16(24-9-10-4-3-5-13(25(28)29)15(10)18(24)27)12-8-11(6-7-14(12)32-19)33(30,31)20(21,22)23/h3-8,16-17,26H,9H2,1-2H3. The number of fused-ring (bicyclic) bond motifs is 2. The van der Waals surface area contributed by atoms with Crippen molar-refractivity contribution in [3.05, 3.63) is 63.2 Å². The van der Waals surface area contributed by atoms with Crippen LogP contribution in [0.3, 0.4) is 0 Å². The smallest absolute Gasteiger partial charge is 0.485 e. The summed E-state index contributed by atoms with van der Waals surface area (Å²) in [6.45, 7) is 2.80. The van der Waals surface area contributed by atoms with E-state index < -0.39 is 54.5 Å². The summed E-state index contributed by atoms with van der Waals surface area (Å²) in [5.74, 6) is -0.830. The Kier molecular flexibility index (Phi) is 4.98. The first-order valence-electron chi connectivity index (χ1n) is 9.56. The van der Waals surface area contributed by atoms with Crippen molar-refractivity contribution in [1.82, 2.24) is 4.90 Å². The van der Waals surface area contributed by atoms with Crippen molar-refractivity contribution >= 4 is 21.4 Å². The van der Waals surface area contributed by atoms with Gasteiger partial charge in [0.25, 0.3) is 21.4 Å². The minimum absolute atomic E-state index is 0.0188. The molecule has 176 valence electrons. The number of hydrogen-bond acceptors (Lipinski definition) is 7. The van der Waals surface area contributed by atoms with Gasteiger partial charge in [0.15, 0.2) is 0 Å². The summed E-state index contributed by atoms with van der Waals surface area (Å²) in [7, 11) is -5.72. The number of halogens is 3. The number of aliphatic hydroxyl groups is 1. The van der Waals surface area contributed by atoms with Gasteiger partial charge < -0.3 is 14.7 Å². The zero-order valence-electron chi connectivity index (χ0n) is 17.2. The molecule has 0 bridgehead atoms. The summed E-state index contributed by atoms with van der Waals surface area (Å²) in [5, 5.41) is 22.4. The third-order valence-electron chi connectivity index (χ3n) is 5.78. The van der Waals surface area contributed by atoms with E-state index in [2.05, 4.69) is 0 Å². The number of sulfone groups is 1. The third kappa shape index (κ3) is 3.42. The van der Waals surface area contributed by atoms with Gasteiger partial charge in [-0.1, -0.05) is 12.1 Å². The maximum atomic E-state index is 13.2. The van der Waals surface area contributed by atoms with Crippen LogP contribution < -0.4 is 4.74 Å². The summed E-state index contributed by atoms with van der Waals surface area (Å²) in [5.41, 5.74) is -7.38. The molecule has 2 aromatic rings. The maximum Gasteiger partial charge on any atom is 0.501 e. The average molecular weight is 486 g/mol. The van der Waals surface area contributed by atoms with Crippen LogP contribution in [-0.4, -0.2) is 46.5 Å². The highest BCUT2D eigenvalue weighted by molar-refractivity contribution is 7.92. The van der Waals surface area contributed by atoms with Gasteiger partial charge in [0.1, 0.15) is 23.0 Å². The molecule has 33 heavy (non-hydrogen) atoms. The molecule has 13 heteroatoms. The summed E-state index contributed by atoms with van der Waals surface area (Å²) in [6.07, 6.45) is -1.49. The number of benzene rings is 2. The van der Waals surface area contributed by atoms with E-state index in [0.717, 1.165) is 23.1 Å². The first-order chi connectivity index (χ1) is 15.2. The molecule has 9 nitrogen and oxygen atoms in total. The highest BCUT2D eigenvalue weighted by atomic mass is 32.2. The number of rotatable bonds is 3. The number of alkyl halides is 3. The van der Waals surface area contributed by atoms with Crippen molar-refractivity contribution in [2.45, 2.75) is 48.5 Å². The van der Waals surface area contributed by atoms with Crippen LogP contribution in [0.5, 0.6) is 5.75 Å². The molecule has 0 saturated heterocycles. The van der Waals surface area contributed by atoms with E-state index in [0.29, 0.717) is 11.6 Å². The lowest BCUT2D eigenvalue weighted by Crippen LogP contribution is -2.53. The zero-order chi connectivity index (χ0) is 24.5. The number of ether oxygens (including phenoxy) is 1. The average Bonchev–Trinajstić information content (AvgIpc) is 3.04. The minimum Gasteiger partial charge on any atom is -0.485 e. The van der Waals surface area contributed by atoms with E-state index in [4.69, 9.17) is 4.74 Å². The molecule has 0 aromatic heterocycles. The predicted octanol–water partition coefficient (Wildman–Crippen LogP) is 3.12. The van der Waals surface area contributed by atoms with Gasteiger partial charge in [-0.2, -0.15) is 13.2 Å². The normalized spacial score (nSPS) is 21.9. The van der Waals surface area contributed by atoms with Crippen LogP contribution in [0.4, 0.5) is 18.9 Å². The number of hydrogen-bond donors (Lipinski definition) is 1. The van der Waals surface area contributed by atoms with Crippen molar-refractivity contribution in [2.75, 3.05) is 0 Å². The first kappa shape index (κ1) is 23.0. The van der Waals surface area contributed by atoms with Gasteiger partial charge in [0, 0.05) is 18.2 Å². The van der Waals surface area contributed by atoms with Crippen LogP contribution in [0.2, 0.25) is 0 Å².